The number of para-hydroxylation sites is 1. The Morgan fingerprint density at radius 3 is 2.78 bits per heavy atom. The predicted molar refractivity (Wildman–Crippen MR) is 102 cm³/mol. The van der Waals surface area contributed by atoms with E-state index in [1.165, 1.54) is 0 Å². The fourth-order valence-electron chi connectivity index (χ4n) is 4.50. The van der Waals surface area contributed by atoms with Gasteiger partial charge in [-0.25, -0.2) is 4.98 Å². The molecule has 2 aliphatic heterocycles. The Labute approximate surface area is 156 Å². The van der Waals surface area contributed by atoms with Crippen molar-refractivity contribution >= 4 is 16.8 Å². The van der Waals surface area contributed by atoms with Crippen LogP contribution in [0.4, 0.5) is 0 Å². The number of hydrogen-bond donors (Lipinski definition) is 0. The van der Waals surface area contributed by atoms with E-state index in [-0.39, 0.29) is 23.6 Å². The fraction of sp³-hybridized carbons (Fsp3) is 0.333. The van der Waals surface area contributed by atoms with Gasteiger partial charge in [-0.05, 0) is 44.0 Å². The average molecular weight is 360 g/mol. The van der Waals surface area contributed by atoms with Crippen molar-refractivity contribution in [3.8, 4) is 0 Å². The molecule has 0 N–H and O–H groups in total. The van der Waals surface area contributed by atoms with Crippen LogP contribution < -0.4 is 5.56 Å². The standard InChI is InChI=1S/C21H20N4O2/c1-13-16(6-4-10-22-13)21(27)25-14-8-9-15(25)12-24-19(11-14)23-18-7-3-2-5-17(18)20(24)26/h2-7,10,14-15H,8-9,11-12H2,1H3/t14-,15+/m0/s1. The van der Waals surface area contributed by atoms with E-state index in [9.17, 15) is 9.59 Å². The monoisotopic (exact) mass is 360 g/mol. The van der Waals surface area contributed by atoms with Crippen LogP contribution in [0, 0.1) is 6.92 Å². The van der Waals surface area contributed by atoms with Crippen LogP contribution in [0.2, 0.25) is 0 Å². The third-order valence-electron chi connectivity index (χ3n) is 5.84. The summed E-state index contributed by atoms with van der Waals surface area (Å²) in [6.45, 7) is 2.37. The Hall–Kier alpha value is -3.02. The largest absolute Gasteiger partial charge is 0.330 e. The first-order chi connectivity index (χ1) is 13.1. The highest BCUT2D eigenvalue weighted by Crippen LogP contribution is 2.32. The van der Waals surface area contributed by atoms with Crippen molar-refractivity contribution in [2.45, 2.75) is 44.8 Å². The lowest BCUT2D eigenvalue weighted by Gasteiger charge is -2.28. The average Bonchev–Trinajstić information content (AvgIpc) is 2.98. The molecule has 0 unspecified atom stereocenters. The highest BCUT2D eigenvalue weighted by Gasteiger charge is 2.41. The topological polar surface area (TPSA) is 68.1 Å². The molecule has 27 heavy (non-hydrogen) atoms. The van der Waals surface area contributed by atoms with E-state index in [1.807, 2.05) is 42.2 Å². The number of nitrogens with zero attached hydrogens (tertiary/aromatic N) is 4. The minimum atomic E-state index is -0.00638. The molecule has 6 heteroatoms. The third kappa shape index (κ3) is 2.47. The lowest BCUT2D eigenvalue weighted by Crippen LogP contribution is -2.42. The molecular formula is C21H20N4O2. The van der Waals surface area contributed by atoms with Gasteiger partial charge in [0.25, 0.3) is 11.5 Å². The summed E-state index contributed by atoms with van der Waals surface area (Å²) in [4.78, 5) is 37.3. The maximum Gasteiger partial charge on any atom is 0.261 e. The van der Waals surface area contributed by atoms with Gasteiger partial charge in [0.05, 0.1) is 22.5 Å². The summed E-state index contributed by atoms with van der Waals surface area (Å²) in [6, 6.07) is 11.2. The summed E-state index contributed by atoms with van der Waals surface area (Å²) in [5, 5.41) is 0.639. The summed E-state index contributed by atoms with van der Waals surface area (Å²) in [6.07, 6.45) is 4.17. The van der Waals surface area contributed by atoms with Crippen LogP contribution in [-0.2, 0) is 13.0 Å². The van der Waals surface area contributed by atoms with Crippen molar-refractivity contribution < 1.29 is 4.79 Å². The van der Waals surface area contributed by atoms with E-state index in [0.29, 0.717) is 23.9 Å². The van der Waals surface area contributed by atoms with Crippen LogP contribution in [0.3, 0.4) is 0 Å². The zero-order chi connectivity index (χ0) is 18.5. The van der Waals surface area contributed by atoms with E-state index in [2.05, 4.69) is 4.98 Å². The summed E-state index contributed by atoms with van der Waals surface area (Å²) in [7, 11) is 0. The Kier molecular flexibility index (Phi) is 3.60. The van der Waals surface area contributed by atoms with Gasteiger partial charge in [-0.3, -0.25) is 19.1 Å². The highest BCUT2D eigenvalue weighted by molar-refractivity contribution is 5.95. The molecule has 2 aromatic heterocycles. The number of rotatable bonds is 1. The molecule has 1 amide bonds. The van der Waals surface area contributed by atoms with Gasteiger partial charge in [0.2, 0.25) is 0 Å². The van der Waals surface area contributed by atoms with E-state index in [4.69, 9.17) is 4.98 Å². The molecule has 1 aromatic carbocycles. The Morgan fingerprint density at radius 1 is 1.11 bits per heavy atom. The zero-order valence-electron chi connectivity index (χ0n) is 15.1. The molecule has 0 aliphatic carbocycles. The summed E-state index contributed by atoms with van der Waals surface area (Å²) >= 11 is 0. The van der Waals surface area contributed by atoms with Crippen LogP contribution in [0.15, 0.2) is 47.4 Å². The highest BCUT2D eigenvalue weighted by atomic mass is 16.2. The molecule has 1 fully saturated rings. The van der Waals surface area contributed by atoms with Crippen LogP contribution in [0.5, 0.6) is 0 Å². The van der Waals surface area contributed by atoms with Crippen LogP contribution in [0.1, 0.15) is 34.7 Å². The maximum atomic E-state index is 13.3. The van der Waals surface area contributed by atoms with Crippen LogP contribution >= 0.6 is 0 Å². The summed E-state index contributed by atoms with van der Waals surface area (Å²) in [5.74, 6) is 0.796. The quantitative estimate of drug-likeness (QED) is 0.668. The number of carbonyl (C=O) groups excluding carboxylic acids is 1. The number of fused-ring (bicyclic) bond motifs is 4. The third-order valence-corrected chi connectivity index (χ3v) is 5.84. The molecule has 6 nitrogen and oxygen atoms in total. The van der Waals surface area contributed by atoms with Gasteiger partial charge in [0.1, 0.15) is 5.82 Å². The predicted octanol–water partition coefficient (Wildman–Crippen LogP) is 2.33. The van der Waals surface area contributed by atoms with Crippen LogP contribution in [-0.4, -0.2) is 37.4 Å². The lowest BCUT2D eigenvalue weighted by atomic mass is 10.1. The molecule has 2 bridgehead atoms. The Balaban J connectivity index is 1.59. The number of aryl methyl sites for hydroxylation is 1. The van der Waals surface area contributed by atoms with E-state index in [0.717, 1.165) is 29.9 Å². The number of amides is 1. The van der Waals surface area contributed by atoms with Gasteiger partial charge < -0.3 is 4.90 Å². The van der Waals surface area contributed by atoms with Crippen molar-refractivity contribution in [2.24, 2.45) is 0 Å². The molecule has 1 saturated heterocycles. The molecule has 4 heterocycles. The van der Waals surface area contributed by atoms with Crippen molar-refractivity contribution in [3.63, 3.8) is 0 Å². The number of aromatic nitrogens is 3. The Morgan fingerprint density at radius 2 is 1.93 bits per heavy atom. The minimum absolute atomic E-state index is 0.00638. The molecule has 0 saturated carbocycles. The normalized spacial score (nSPS) is 21.1. The van der Waals surface area contributed by atoms with Gasteiger partial charge in [-0.1, -0.05) is 12.1 Å². The molecule has 3 aromatic rings. The van der Waals surface area contributed by atoms with Gasteiger partial charge in [0, 0.05) is 30.9 Å². The zero-order valence-corrected chi connectivity index (χ0v) is 15.1. The second-order valence-corrected chi connectivity index (χ2v) is 7.40. The molecule has 136 valence electrons. The van der Waals surface area contributed by atoms with Gasteiger partial charge in [-0.2, -0.15) is 0 Å². The molecule has 2 atom stereocenters. The van der Waals surface area contributed by atoms with Crippen molar-refractivity contribution in [1.29, 1.82) is 0 Å². The number of benzene rings is 1. The molecule has 0 spiro atoms. The van der Waals surface area contributed by atoms with Crippen molar-refractivity contribution in [2.75, 3.05) is 0 Å². The van der Waals surface area contributed by atoms with E-state index < -0.39 is 0 Å². The first-order valence-corrected chi connectivity index (χ1v) is 9.36. The number of carbonyl (C=O) groups is 1. The number of hydrogen-bond acceptors (Lipinski definition) is 4. The lowest BCUT2D eigenvalue weighted by molar-refractivity contribution is 0.0664. The van der Waals surface area contributed by atoms with E-state index >= 15 is 0 Å². The SMILES string of the molecule is Cc1ncccc1C(=O)N1[C@@H]2CC[C@H]1Cc1nc3ccccc3c(=O)n1C2. The van der Waals surface area contributed by atoms with Gasteiger partial charge in [-0.15, -0.1) is 0 Å². The second kappa shape index (κ2) is 6.01. The second-order valence-electron chi connectivity index (χ2n) is 7.40. The first-order valence-electron chi connectivity index (χ1n) is 9.36. The molecule has 2 aliphatic rings. The van der Waals surface area contributed by atoms with Gasteiger partial charge in [0.15, 0.2) is 0 Å². The minimum Gasteiger partial charge on any atom is -0.330 e. The fourth-order valence-corrected chi connectivity index (χ4v) is 4.50. The molecule has 5 rings (SSSR count). The summed E-state index contributed by atoms with van der Waals surface area (Å²) < 4.78 is 1.78. The van der Waals surface area contributed by atoms with Crippen molar-refractivity contribution in [3.05, 3.63) is 70.0 Å². The maximum absolute atomic E-state index is 13.3. The Bertz CT molecular complexity index is 1120. The smallest absolute Gasteiger partial charge is 0.261 e. The summed E-state index contributed by atoms with van der Waals surface area (Å²) in [5.41, 5.74) is 2.11. The number of pyridine rings is 1. The molecular weight excluding hydrogens is 340 g/mol. The van der Waals surface area contributed by atoms with Crippen LogP contribution in [0.25, 0.3) is 10.9 Å². The van der Waals surface area contributed by atoms with E-state index in [1.54, 1.807) is 16.8 Å². The van der Waals surface area contributed by atoms with Gasteiger partial charge >= 0.3 is 0 Å². The van der Waals surface area contributed by atoms with Crippen molar-refractivity contribution in [1.82, 2.24) is 19.4 Å². The molecule has 0 radical (unpaired) electrons. The first kappa shape index (κ1) is 16.2.